The molecule has 1 rings (SSSR count). The van der Waals surface area contributed by atoms with Gasteiger partial charge < -0.3 is 0 Å². The van der Waals surface area contributed by atoms with Gasteiger partial charge in [-0.2, -0.15) is 18.3 Å². The van der Waals surface area contributed by atoms with Gasteiger partial charge in [0.15, 0.2) is 0 Å². The Morgan fingerprint density at radius 3 is 2.50 bits per heavy atom. The Morgan fingerprint density at radius 2 is 2.07 bits per heavy atom. The third-order valence-electron chi connectivity index (χ3n) is 1.52. The van der Waals surface area contributed by atoms with Crippen LogP contribution in [0.2, 0.25) is 0 Å². The molecule has 0 saturated heterocycles. The summed E-state index contributed by atoms with van der Waals surface area (Å²) in [5, 5.41) is 3.54. The molecule has 0 spiro atoms. The summed E-state index contributed by atoms with van der Waals surface area (Å²) in [7, 11) is 0. The van der Waals surface area contributed by atoms with E-state index in [2.05, 4.69) is 10.1 Å². The van der Waals surface area contributed by atoms with Gasteiger partial charge in [0, 0.05) is 6.04 Å². The third-order valence-corrected chi connectivity index (χ3v) is 1.52. The van der Waals surface area contributed by atoms with Gasteiger partial charge in [0.05, 0.1) is 0 Å². The van der Waals surface area contributed by atoms with Crippen LogP contribution in [0.25, 0.3) is 0 Å². The highest BCUT2D eigenvalue weighted by molar-refractivity contribution is 5.97. The molecule has 0 unspecified atom stereocenters. The maximum Gasteiger partial charge on any atom is 0.458 e. The maximum atomic E-state index is 12.0. The van der Waals surface area contributed by atoms with Crippen molar-refractivity contribution < 1.29 is 18.0 Å². The molecule has 0 saturated carbocycles. The van der Waals surface area contributed by atoms with Crippen LogP contribution in [0.4, 0.5) is 13.2 Å². The first-order valence-electron chi connectivity index (χ1n) is 3.85. The van der Waals surface area contributed by atoms with E-state index in [9.17, 15) is 18.0 Å². The summed E-state index contributed by atoms with van der Waals surface area (Å²) < 4.78 is 37.0. The molecule has 7 heteroatoms. The molecule has 78 valence electrons. The van der Waals surface area contributed by atoms with Gasteiger partial charge >= 0.3 is 12.0 Å². The molecule has 0 fully saturated rings. The molecule has 0 amide bonds. The first-order valence-corrected chi connectivity index (χ1v) is 3.85. The Bertz CT molecular complexity index is 342. The molecule has 4 nitrogen and oxygen atoms in total. The average Bonchev–Trinajstić information content (AvgIpc) is 2.48. The number of hydrogen-bond donors (Lipinski definition) is 0. The molecule has 14 heavy (non-hydrogen) atoms. The molecule has 0 bridgehead atoms. The van der Waals surface area contributed by atoms with Crippen molar-refractivity contribution in [3.63, 3.8) is 0 Å². The van der Waals surface area contributed by atoms with Crippen LogP contribution in [0.15, 0.2) is 6.33 Å². The van der Waals surface area contributed by atoms with Crippen molar-refractivity contribution in [2.45, 2.75) is 26.1 Å². The van der Waals surface area contributed by atoms with Crippen LogP contribution in [0.1, 0.15) is 30.5 Å². The van der Waals surface area contributed by atoms with E-state index in [-0.39, 0.29) is 6.04 Å². The Labute approximate surface area is 77.7 Å². The van der Waals surface area contributed by atoms with Crippen LogP contribution < -0.4 is 0 Å². The minimum Gasteiger partial charge on any atom is -0.280 e. The standard InChI is InChI=1S/C7H8F3N3O/c1-4(2)13-6(11-3-12-13)5(14)7(8,9)10/h3-4H,1-2H3. The molecular formula is C7H8F3N3O. The second kappa shape index (κ2) is 3.39. The van der Waals surface area contributed by atoms with E-state index in [1.807, 2.05) is 0 Å². The summed E-state index contributed by atoms with van der Waals surface area (Å²) in [6.07, 6.45) is -3.97. The van der Waals surface area contributed by atoms with Crippen molar-refractivity contribution in [3.05, 3.63) is 12.2 Å². The first-order chi connectivity index (χ1) is 6.34. The summed E-state index contributed by atoms with van der Waals surface area (Å²) in [6, 6.07) is -0.334. The molecule has 0 aromatic carbocycles. The van der Waals surface area contributed by atoms with Gasteiger partial charge in [-0.25, -0.2) is 9.67 Å². The van der Waals surface area contributed by atoms with Gasteiger partial charge in [0.25, 0.3) is 0 Å². The summed E-state index contributed by atoms with van der Waals surface area (Å²) in [5.41, 5.74) is 0. The van der Waals surface area contributed by atoms with E-state index < -0.39 is 17.8 Å². The zero-order valence-electron chi connectivity index (χ0n) is 7.54. The zero-order valence-corrected chi connectivity index (χ0v) is 7.54. The fourth-order valence-corrected chi connectivity index (χ4v) is 0.917. The normalized spacial score (nSPS) is 12.1. The zero-order chi connectivity index (χ0) is 10.9. The predicted molar refractivity (Wildman–Crippen MR) is 40.8 cm³/mol. The van der Waals surface area contributed by atoms with Gasteiger partial charge in [-0.1, -0.05) is 0 Å². The topological polar surface area (TPSA) is 47.8 Å². The van der Waals surface area contributed by atoms with Gasteiger partial charge in [-0.3, -0.25) is 4.79 Å². The number of carbonyl (C=O) groups is 1. The van der Waals surface area contributed by atoms with Gasteiger partial charge in [-0.05, 0) is 13.8 Å². The maximum absolute atomic E-state index is 12.0. The molecule has 1 aromatic rings. The van der Waals surface area contributed by atoms with E-state index >= 15 is 0 Å². The number of carbonyl (C=O) groups excluding carboxylic acids is 1. The monoisotopic (exact) mass is 207 g/mol. The fraction of sp³-hybridized carbons (Fsp3) is 0.571. The number of Topliss-reactive ketones (excluding diaryl/α,β-unsaturated/α-hetero) is 1. The minimum atomic E-state index is -4.90. The van der Waals surface area contributed by atoms with E-state index in [0.29, 0.717) is 0 Å². The quantitative estimate of drug-likeness (QED) is 0.692. The highest BCUT2D eigenvalue weighted by Gasteiger charge is 2.42. The fourth-order valence-electron chi connectivity index (χ4n) is 0.917. The molecule has 0 aliphatic rings. The Balaban J connectivity index is 3.08. The number of ketones is 1. The van der Waals surface area contributed by atoms with Gasteiger partial charge in [-0.15, -0.1) is 0 Å². The van der Waals surface area contributed by atoms with E-state index in [4.69, 9.17) is 0 Å². The molecule has 0 aliphatic heterocycles. The van der Waals surface area contributed by atoms with Crippen molar-refractivity contribution in [2.75, 3.05) is 0 Å². The minimum absolute atomic E-state index is 0.334. The smallest absolute Gasteiger partial charge is 0.280 e. The van der Waals surface area contributed by atoms with E-state index in [1.165, 1.54) is 0 Å². The summed E-state index contributed by atoms with van der Waals surface area (Å²) in [4.78, 5) is 14.1. The molecule has 1 heterocycles. The van der Waals surface area contributed by atoms with Crippen LogP contribution in [0.3, 0.4) is 0 Å². The lowest BCUT2D eigenvalue weighted by atomic mass is 10.3. The number of hydrogen-bond acceptors (Lipinski definition) is 3. The second-order valence-corrected chi connectivity index (χ2v) is 2.95. The van der Waals surface area contributed by atoms with Crippen molar-refractivity contribution in [2.24, 2.45) is 0 Å². The second-order valence-electron chi connectivity index (χ2n) is 2.95. The van der Waals surface area contributed by atoms with Crippen LogP contribution in [0.5, 0.6) is 0 Å². The van der Waals surface area contributed by atoms with Crippen LogP contribution >= 0.6 is 0 Å². The molecule has 0 radical (unpaired) electrons. The predicted octanol–water partition coefficient (Wildman–Crippen LogP) is 1.60. The number of nitrogens with zero attached hydrogens (tertiary/aromatic N) is 3. The molecule has 0 atom stereocenters. The van der Waals surface area contributed by atoms with Gasteiger partial charge in [0.1, 0.15) is 6.33 Å². The lowest BCUT2D eigenvalue weighted by molar-refractivity contribution is -0.0895. The number of halogens is 3. The molecule has 1 aromatic heterocycles. The number of rotatable bonds is 2. The molecular weight excluding hydrogens is 199 g/mol. The number of alkyl halides is 3. The Morgan fingerprint density at radius 1 is 1.50 bits per heavy atom. The van der Waals surface area contributed by atoms with Crippen molar-refractivity contribution in [1.82, 2.24) is 14.8 Å². The average molecular weight is 207 g/mol. The lowest BCUT2D eigenvalue weighted by Gasteiger charge is -2.09. The summed E-state index contributed by atoms with van der Waals surface area (Å²) in [6.45, 7) is 3.23. The molecule has 0 N–H and O–H groups in total. The van der Waals surface area contributed by atoms with E-state index in [1.54, 1.807) is 13.8 Å². The van der Waals surface area contributed by atoms with Crippen LogP contribution in [0, 0.1) is 0 Å². The van der Waals surface area contributed by atoms with E-state index in [0.717, 1.165) is 11.0 Å². The summed E-state index contributed by atoms with van der Waals surface area (Å²) >= 11 is 0. The van der Waals surface area contributed by atoms with Crippen LogP contribution in [-0.2, 0) is 0 Å². The van der Waals surface area contributed by atoms with Crippen LogP contribution in [-0.4, -0.2) is 26.7 Å². The van der Waals surface area contributed by atoms with Gasteiger partial charge in [0.2, 0.25) is 5.82 Å². The largest absolute Gasteiger partial charge is 0.458 e. The SMILES string of the molecule is CC(C)n1ncnc1C(=O)C(F)(F)F. The third kappa shape index (κ3) is 1.91. The highest BCUT2D eigenvalue weighted by Crippen LogP contribution is 2.21. The lowest BCUT2D eigenvalue weighted by Crippen LogP contribution is -2.27. The van der Waals surface area contributed by atoms with Crippen molar-refractivity contribution >= 4 is 5.78 Å². The van der Waals surface area contributed by atoms with Crippen molar-refractivity contribution in [1.29, 1.82) is 0 Å². The first kappa shape index (κ1) is 10.7. The Hall–Kier alpha value is -1.40. The molecule has 0 aliphatic carbocycles. The Kier molecular flexibility index (Phi) is 2.59. The summed E-state index contributed by atoms with van der Waals surface area (Å²) in [5.74, 6) is -2.64. The number of aromatic nitrogens is 3. The highest BCUT2D eigenvalue weighted by atomic mass is 19.4. The van der Waals surface area contributed by atoms with Crippen molar-refractivity contribution in [3.8, 4) is 0 Å².